The average molecular weight is 370 g/mol. The Labute approximate surface area is 139 Å². The second-order valence-corrected chi connectivity index (χ2v) is 9.25. The van der Waals surface area contributed by atoms with Gasteiger partial charge in [-0.1, -0.05) is 78.8 Å². The third-order valence-electron chi connectivity index (χ3n) is 2.77. The quantitative estimate of drug-likeness (QED) is 0.524. The summed E-state index contributed by atoms with van der Waals surface area (Å²) in [5.74, 6) is 0. The molecule has 0 spiro atoms. The highest BCUT2D eigenvalue weighted by atomic mass is 35.6. The van der Waals surface area contributed by atoms with Gasteiger partial charge >= 0.3 is 0 Å². The van der Waals surface area contributed by atoms with Gasteiger partial charge in [-0.25, -0.2) is 0 Å². The third-order valence-corrected chi connectivity index (χ3v) is 5.13. The summed E-state index contributed by atoms with van der Waals surface area (Å²) in [6, 6.07) is 0. The van der Waals surface area contributed by atoms with Crippen LogP contribution in [0.25, 0.3) is 0 Å². The standard InChI is InChI=1S/C11H18Cl5N3/c1-5-19-8(6-9(2,3)4)18(7-17-19)11(15,16)10(12,13)14/h7-8H,5-6H2,1-4H3. The second kappa shape index (κ2) is 5.84. The van der Waals surface area contributed by atoms with Gasteiger partial charge in [0.2, 0.25) is 8.25 Å². The molecular weight excluding hydrogens is 351 g/mol. The van der Waals surface area contributed by atoms with Crippen molar-refractivity contribution in [2.45, 2.75) is 48.5 Å². The Morgan fingerprint density at radius 2 is 1.63 bits per heavy atom. The van der Waals surface area contributed by atoms with Gasteiger partial charge in [-0.15, -0.1) is 0 Å². The molecule has 0 aromatic rings. The van der Waals surface area contributed by atoms with Crippen LogP contribution in [0.1, 0.15) is 34.1 Å². The number of halogens is 5. The third kappa shape index (κ3) is 4.10. The van der Waals surface area contributed by atoms with E-state index in [9.17, 15) is 0 Å². The topological polar surface area (TPSA) is 18.8 Å². The van der Waals surface area contributed by atoms with E-state index in [-0.39, 0.29) is 11.6 Å². The molecule has 1 atom stereocenters. The van der Waals surface area contributed by atoms with E-state index < -0.39 is 8.25 Å². The molecule has 19 heavy (non-hydrogen) atoms. The molecule has 1 unspecified atom stereocenters. The van der Waals surface area contributed by atoms with E-state index in [4.69, 9.17) is 58.0 Å². The van der Waals surface area contributed by atoms with Crippen LogP contribution >= 0.6 is 58.0 Å². The molecule has 0 aromatic carbocycles. The monoisotopic (exact) mass is 367 g/mol. The summed E-state index contributed by atoms with van der Waals surface area (Å²) in [4.78, 5) is 1.60. The lowest BCUT2D eigenvalue weighted by Crippen LogP contribution is -2.55. The molecule has 0 bridgehead atoms. The van der Waals surface area contributed by atoms with Crippen LogP contribution in [0.15, 0.2) is 5.10 Å². The van der Waals surface area contributed by atoms with Crippen LogP contribution in [0, 0.1) is 5.41 Å². The first-order valence-corrected chi connectivity index (χ1v) is 7.83. The number of nitrogens with zero attached hydrogens (tertiary/aromatic N) is 3. The summed E-state index contributed by atoms with van der Waals surface area (Å²) in [7, 11) is 0. The van der Waals surface area contributed by atoms with Gasteiger partial charge < -0.3 is 4.90 Å². The zero-order chi connectivity index (χ0) is 15.1. The van der Waals surface area contributed by atoms with Gasteiger partial charge in [-0.2, -0.15) is 5.10 Å². The molecule has 3 nitrogen and oxygen atoms in total. The molecule has 8 heteroatoms. The number of alkyl halides is 5. The Hall–Kier alpha value is 0.720. The Morgan fingerprint density at radius 3 is 2.00 bits per heavy atom. The molecular formula is C11H18Cl5N3. The van der Waals surface area contributed by atoms with Crippen LogP contribution in [0.2, 0.25) is 0 Å². The van der Waals surface area contributed by atoms with Crippen molar-refractivity contribution in [1.82, 2.24) is 9.91 Å². The molecule has 0 aromatic heterocycles. The van der Waals surface area contributed by atoms with E-state index in [2.05, 4.69) is 25.9 Å². The lowest BCUT2D eigenvalue weighted by atomic mass is 9.90. The summed E-state index contributed by atoms with van der Waals surface area (Å²) in [6.45, 7) is 9.08. The van der Waals surface area contributed by atoms with E-state index in [0.717, 1.165) is 13.0 Å². The number of hydrazone groups is 1. The van der Waals surface area contributed by atoms with Crippen LogP contribution in [0.3, 0.4) is 0 Å². The summed E-state index contributed by atoms with van der Waals surface area (Å²) < 4.78 is -3.52. The van der Waals surface area contributed by atoms with Crippen molar-refractivity contribution in [1.29, 1.82) is 0 Å². The zero-order valence-corrected chi connectivity index (χ0v) is 15.1. The van der Waals surface area contributed by atoms with Gasteiger partial charge in [0, 0.05) is 6.54 Å². The van der Waals surface area contributed by atoms with Crippen molar-refractivity contribution in [2.24, 2.45) is 10.5 Å². The first-order valence-electron chi connectivity index (χ1n) is 5.94. The van der Waals surface area contributed by atoms with Gasteiger partial charge in [-0.05, 0) is 18.8 Å². The Morgan fingerprint density at radius 1 is 1.11 bits per heavy atom. The zero-order valence-electron chi connectivity index (χ0n) is 11.3. The molecule has 0 aliphatic carbocycles. The van der Waals surface area contributed by atoms with Gasteiger partial charge in [-0.3, -0.25) is 5.01 Å². The van der Waals surface area contributed by atoms with Crippen LogP contribution in [-0.4, -0.2) is 37.2 Å². The summed E-state index contributed by atoms with van der Waals surface area (Å²) in [6.07, 6.45) is 2.17. The van der Waals surface area contributed by atoms with Crippen LogP contribution < -0.4 is 0 Å². The molecule has 0 saturated heterocycles. The molecule has 1 aliphatic heterocycles. The normalized spacial score (nSPS) is 21.4. The summed E-state index contributed by atoms with van der Waals surface area (Å²) in [5.41, 5.74) is 0.0570. The smallest absolute Gasteiger partial charge is 0.241 e. The predicted molar refractivity (Wildman–Crippen MR) is 85.3 cm³/mol. The molecule has 1 aliphatic rings. The van der Waals surface area contributed by atoms with E-state index in [1.54, 1.807) is 4.90 Å². The van der Waals surface area contributed by atoms with Crippen LogP contribution in [-0.2, 0) is 0 Å². The van der Waals surface area contributed by atoms with E-state index in [1.807, 2.05) is 11.9 Å². The SMILES string of the molecule is CCN1N=CN(C(Cl)(Cl)C(Cl)(Cl)Cl)C1CC(C)(C)C. The van der Waals surface area contributed by atoms with Crippen molar-refractivity contribution in [3.63, 3.8) is 0 Å². The fourth-order valence-corrected chi connectivity index (χ4v) is 2.47. The highest BCUT2D eigenvalue weighted by Crippen LogP contribution is 2.50. The van der Waals surface area contributed by atoms with E-state index in [1.165, 1.54) is 6.34 Å². The highest BCUT2D eigenvalue weighted by Gasteiger charge is 2.54. The van der Waals surface area contributed by atoms with Crippen molar-refractivity contribution >= 4 is 64.3 Å². The lowest BCUT2D eigenvalue weighted by Gasteiger charge is -2.42. The Bertz CT molecular complexity index is 345. The fraction of sp³-hybridized carbons (Fsp3) is 0.909. The van der Waals surface area contributed by atoms with Gasteiger partial charge in [0.25, 0.3) is 0 Å². The number of hydrogen-bond acceptors (Lipinski definition) is 3. The molecule has 0 saturated carbocycles. The minimum atomic E-state index is -1.85. The summed E-state index contributed by atoms with van der Waals surface area (Å²) >= 11 is 30.1. The molecule has 0 radical (unpaired) electrons. The average Bonchev–Trinajstić information content (AvgIpc) is 2.56. The molecule has 0 N–H and O–H groups in total. The molecule has 0 fully saturated rings. The lowest BCUT2D eigenvalue weighted by molar-refractivity contribution is 0.0786. The second-order valence-electron chi connectivity index (χ2n) is 5.68. The van der Waals surface area contributed by atoms with Crippen molar-refractivity contribution in [3.8, 4) is 0 Å². The number of hydrogen-bond donors (Lipinski definition) is 0. The van der Waals surface area contributed by atoms with Crippen molar-refractivity contribution in [3.05, 3.63) is 0 Å². The highest BCUT2D eigenvalue weighted by molar-refractivity contribution is 6.75. The molecule has 112 valence electrons. The maximum absolute atomic E-state index is 6.24. The van der Waals surface area contributed by atoms with Gasteiger partial charge in [0.1, 0.15) is 12.5 Å². The number of rotatable bonds is 3. The largest absolute Gasteiger partial charge is 0.304 e. The Balaban J connectivity index is 3.03. The van der Waals surface area contributed by atoms with Crippen LogP contribution in [0.4, 0.5) is 0 Å². The van der Waals surface area contributed by atoms with Gasteiger partial charge in [0.05, 0.1) is 0 Å². The first kappa shape index (κ1) is 17.8. The van der Waals surface area contributed by atoms with Gasteiger partial charge in [0.15, 0.2) is 0 Å². The first-order chi connectivity index (χ1) is 8.40. The van der Waals surface area contributed by atoms with Crippen LogP contribution in [0.5, 0.6) is 0 Å². The minimum Gasteiger partial charge on any atom is -0.304 e. The van der Waals surface area contributed by atoms with Crippen molar-refractivity contribution < 1.29 is 0 Å². The molecule has 1 rings (SSSR count). The fourth-order valence-electron chi connectivity index (χ4n) is 1.87. The molecule has 0 amide bonds. The predicted octanol–water partition coefficient (Wildman–Crippen LogP) is 4.83. The Kier molecular flexibility index (Phi) is 5.46. The van der Waals surface area contributed by atoms with E-state index >= 15 is 0 Å². The molecule has 1 heterocycles. The summed E-state index contributed by atoms with van der Waals surface area (Å²) in [5, 5.41) is 6.15. The maximum atomic E-state index is 6.24. The van der Waals surface area contributed by atoms with Crippen molar-refractivity contribution in [2.75, 3.05) is 6.54 Å². The minimum absolute atomic E-state index is 0.0570. The van der Waals surface area contributed by atoms with E-state index in [0.29, 0.717) is 0 Å². The maximum Gasteiger partial charge on any atom is 0.241 e.